The molecule has 2 aliphatic heterocycles. The lowest BCUT2D eigenvalue weighted by molar-refractivity contribution is -0.151. The third-order valence-electron chi connectivity index (χ3n) is 4.09. The monoisotopic (exact) mass is 369 g/mol. The summed E-state index contributed by atoms with van der Waals surface area (Å²) in [4.78, 5) is 14.3. The van der Waals surface area contributed by atoms with Gasteiger partial charge in [-0.15, -0.1) is 0 Å². The van der Waals surface area contributed by atoms with Crippen LogP contribution in [0.1, 0.15) is 31.7 Å². The van der Waals surface area contributed by atoms with E-state index in [1.54, 1.807) is 0 Å². The molecule has 0 aliphatic carbocycles. The van der Waals surface area contributed by atoms with Crippen molar-refractivity contribution in [2.75, 3.05) is 19.9 Å². The van der Waals surface area contributed by atoms with Crippen LogP contribution < -0.4 is 9.47 Å². The predicted octanol–water partition coefficient (Wildman–Crippen LogP) is 3.10. The standard InChI is InChI=1S/C16H20BrNO4/c1-2-20-16(19)13-5-3-4-6-18(13)9-11-7-14-15(8-12(11)17)22-10-21-14/h7-8,13H,2-6,9-10H2,1H3. The number of piperidine rings is 1. The van der Waals surface area contributed by atoms with Crippen LogP contribution in [0, 0.1) is 0 Å². The van der Waals surface area contributed by atoms with Gasteiger partial charge in [0.15, 0.2) is 11.5 Å². The Morgan fingerprint density at radius 2 is 2.14 bits per heavy atom. The Bertz CT molecular complexity index is 563. The van der Waals surface area contributed by atoms with Crippen LogP contribution in [0.3, 0.4) is 0 Å². The molecule has 2 aliphatic rings. The lowest BCUT2D eigenvalue weighted by atomic mass is 10.0. The number of rotatable bonds is 4. The van der Waals surface area contributed by atoms with E-state index in [0.29, 0.717) is 13.2 Å². The SMILES string of the molecule is CCOC(=O)C1CCCCN1Cc1cc2c(cc1Br)OCO2. The van der Waals surface area contributed by atoms with Crippen LogP contribution in [-0.4, -0.2) is 36.9 Å². The van der Waals surface area contributed by atoms with Crippen LogP contribution in [-0.2, 0) is 16.1 Å². The minimum Gasteiger partial charge on any atom is -0.465 e. The number of esters is 1. The van der Waals surface area contributed by atoms with Gasteiger partial charge in [-0.1, -0.05) is 22.4 Å². The summed E-state index contributed by atoms with van der Waals surface area (Å²) in [5.74, 6) is 1.41. The number of hydrogen-bond donors (Lipinski definition) is 0. The summed E-state index contributed by atoms with van der Waals surface area (Å²) in [5, 5.41) is 0. The predicted molar refractivity (Wildman–Crippen MR) is 84.9 cm³/mol. The maximum atomic E-state index is 12.2. The van der Waals surface area contributed by atoms with Crippen molar-refractivity contribution >= 4 is 21.9 Å². The molecule has 0 bridgehead atoms. The molecule has 120 valence electrons. The smallest absolute Gasteiger partial charge is 0.323 e. The number of hydrogen-bond acceptors (Lipinski definition) is 5. The molecule has 5 nitrogen and oxygen atoms in total. The van der Waals surface area contributed by atoms with Crippen molar-refractivity contribution in [2.45, 2.75) is 38.8 Å². The molecule has 3 rings (SSSR count). The lowest BCUT2D eigenvalue weighted by Gasteiger charge is -2.34. The molecule has 0 radical (unpaired) electrons. The Morgan fingerprint density at radius 3 is 2.91 bits per heavy atom. The van der Waals surface area contributed by atoms with Crippen LogP contribution in [0.2, 0.25) is 0 Å². The molecule has 1 unspecified atom stereocenters. The Morgan fingerprint density at radius 1 is 1.36 bits per heavy atom. The van der Waals surface area contributed by atoms with E-state index in [1.165, 1.54) is 0 Å². The van der Waals surface area contributed by atoms with E-state index in [1.807, 2.05) is 19.1 Å². The summed E-state index contributed by atoms with van der Waals surface area (Å²) in [7, 11) is 0. The summed E-state index contributed by atoms with van der Waals surface area (Å²) < 4.78 is 17.0. The fourth-order valence-electron chi connectivity index (χ4n) is 2.98. The zero-order chi connectivity index (χ0) is 15.5. The molecule has 1 atom stereocenters. The van der Waals surface area contributed by atoms with Crippen LogP contribution in [0.25, 0.3) is 0 Å². The van der Waals surface area contributed by atoms with Gasteiger partial charge in [0, 0.05) is 11.0 Å². The van der Waals surface area contributed by atoms with Crippen molar-refractivity contribution < 1.29 is 19.0 Å². The fraction of sp³-hybridized carbons (Fsp3) is 0.562. The second-order valence-electron chi connectivity index (χ2n) is 5.53. The van der Waals surface area contributed by atoms with Gasteiger partial charge in [-0.2, -0.15) is 0 Å². The Hall–Kier alpha value is -1.27. The first-order valence-electron chi connectivity index (χ1n) is 7.67. The molecule has 1 aromatic rings. The summed E-state index contributed by atoms with van der Waals surface area (Å²) in [6.45, 7) is 4.14. The quantitative estimate of drug-likeness (QED) is 0.763. The molecule has 0 saturated carbocycles. The maximum Gasteiger partial charge on any atom is 0.323 e. The molecule has 1 saturated heterocycles. The topological polar surface area (TPSA) is 48.0 Å². The highest BCUT2D eigenvalue weighted by molar-refractivity contribution is 9.10. The highest BCUT2D eigenvalue weighted by Crippen LogP contribution is 2.37. The second kappa shape index (κ2) is 6.87. The molecule has 22 heavy (non-hydrogen) atoms. The largest absolute Gasteiger partial charge is 0.465 e. The Labute approximate surface area is 138 Å². The van der Waals surface area contributed by atoms with Crippen LogP contribution in [0.15, 0.2) is 16.6 Å². The fourth-order valence-corrected chi connectivity index (χ4v) is 3.43. The molecule has 2 heterocycles. The number of fused-ring (bicyclic) bond motifs is 1. The molecular weight excluding hydrogens is 350 g/mol. The lowest BCUT2D eigenvalue weighted by Crippen LogP contribution is -2.45. The molecule has 0 spiro atoms. The Balaban J connectivity index is 1.77. The second-order valence-corrected chi connectivity index (χ2v) is 6.39. The van der Waals surface area contributed by atoms with Gasteiger partial charge >= 0.3 is 5.97 Å². The van der Waals surface area contributed by atoms with Crippen molar-refractivity contribution in [1.82, 2.24) is 4.90 Å². The molecule has 1 aromatic carbocycles. The number of likely N-dealkylation sites (tertiary alicyclic amines) is 1. The van der Waals surface area contributed by atoms with Crippen molar-refractivity contribution in [2.24, 2.45) is 0 Å². The van der Waals surface area contributed by atoms with Gasteiger partial charge in [-0.3, -0.25) is 9.69 Å². The van der Waals surface area contributed by atoms with Gasteiger partial charge in [0.05, 0.1) is 6.61 Å². The average molecular weight is 370 g/mol. The van der Waals surface area contributed by atoms with Crippen LogP contribution in [0.4, 0.5) is 0 Å². The van der Waals surface area contributed by atoms with Crippen molar-refractivity contribution in [3.63, 3.8) is 0 Å². The molecule has 1 fully saturated rings. The first-order valence-corrected chi connectivity index (χ1v) is 8.47. The van der Waals surface area contributed by atoms with E-state index in [-0.39, 0.29) is 18.8 Å². The minimum absolute atomic E-state index is 0.112. The van der Waals surface area contributed by atoms with Crippen molar-refractivity contribution in [3.8, 4) is 11.5 Å². The number of ether oxygens (including phenoxy) is 3. The number of carbonyl (C=O) groups is 1. The summed E-state index contributed by atoms with van der Waals surface area (Å²) in [5.41, 5.74) is 1.10. The van der Waals surface area contributed by atoms with Crippen molar-refractivity contribution in [1.29, 1.82) is 0 Å². The third-order valence-corrected chi connectivity index (χ3v) is 4.83. The molecular formula is C16H20BrNO4. The highest BCUT2D eigenvalue weighted by atomic mass is 79.9. The van der Waals surface area contributed by atoms with E-state index in [2.05, 4.69) is 20.8 Å². The number of benzene rings is 1. The van der Waals surface area contributed by atoms with Gasteiger partial charge in [-0.25, -0.2) is 0 Å². The van der Waals surface area contributed by atoms with E-state index >= 15 is 0 Å². The Kier molecular flexibility index (Phi) is 4.88. The zero-order valence-electron chi connectivity index (χ0n) is 12.6. The maximum absolute atomic E-state index is 12.2. The highest BCUT2D eigenvalue weighted by Gasteiger charge is 2.30. The summed E-state index contributed by atoms with van der Waals surface area (Å²) in [6.07, 6.45) is 3.04. The third kappa shape index (κ3) is 3.22. The van der Waals surface area contributed by atoms with Crippen LogP contribution in [0.5, 0.6) is 11.5 Å². The first-order chi connectivity index (χ1) is 10.7. The summed E-state index contributed by atoms with van der Waals surface area (Å²) in [6, 6.07) is 3.77. The molecule has 0 N–H and O–H groups in total. The molecule has 6 heteroatoms. The molecule has 0 amide bonds. The van der Waals surface area contributed by atoms with E-state index < -0.39 is 0 Å². The minimum atomic E-state index is -0.147. The van der Waals surface area contributed by atoms with Crippen LogP contribution >= 0.6 is 15.9 Å². The number of halogens is 1. The summed E-state index contributed by atoms with van der Waals surface area (Å²) >= 11 is 3.59. The first kappa shape index (κ1) is 15.6. The average Bonchev–Trinajstić information content (AvgIpc) is 2.95. The van der Waals surface area contributed by atoms with E-state index in [9.17, 15) is 4.79 Å². The van der Waals surface area contributed by atoms with Gasteiger partial charge in [0.25, 0.3) is 0 Å². The zero-order valence-corrected chi connectivity index (χ0v) is 14.2. The van der Waals surface area contributed by atoms with Gasteiger partial charge < -0.3 is 14.2 Å². The number of carbonyl (C=O) groups excluding carboxylic acids is 1. The van der Waals surface area contributed by atoms with Gasteiger partial charge in [0.2, 0.25) is 6.79 Å². The van der Waals surface area contributed by atoms with Crippen molar-refractivity contribution in [3.05, 3.63) is 22.2 Å². The number of nitrogens with zero attached hydrogens (tertiary/aromatic N) is 1. The van der Waals surface area contributed by atoms with E-state index in [0.717, 1.165) is 47.3 Å². The molecule has 0 aromatic heterocycles. The van der Waals surface area contributed by atoms with Gasteiger partial charge in [-0.05, 0) is 44.0 Å². The normalized spacial score (nSPS) is 20.9. The van der Waals surface area contributed by atoms with Gasteiger partial charge in [0.1, 0.15) is 6.04 Å². The van der Waals surface area contributed by atoms with E-state index in [4.69, 9.17) is 14.2 Å².